The van der Waals surface area contributed by atoms with Gasteiger partial charge in [-0.15, -0.1) is 0 Å². The van der Waals surface area contributed by atoms with Crippen LogP contribution in [0.1, 0.15) is 60.8 Å². The SMILES string of the molecule is CCCN(CCN=C(NCC)N1CCC(OCC)CC1)C(=O)OC(C)(C)C. The van der Waals surface area contributed by atoms with Crippen molar-refractivity contribution in [1.29, 1.82) is 0 Å². The largest absolute Gasteiger partial charge is 0.444 e. The van der Waals surface area contributed by atoms with Crippen molar-refractivity contribution < 1.29 is 14.3 Å². The summed E-state index contributed by atoms with van der Waals surface area (Å²) in [7, 11) is 0. The zero-order valence-corrected chi connectivity index (χ0v) is 18.2. The van der Waals surface area contributed by atoms with Gasteiger partial charge in [0.2, 0.25) is 0 Å². The van der Waals surface area contributed by atoms with Crippen molar-refractivity contribution in [2.24, 2.45) is 4.99 Å². The summed E-state index contributed by atoms with van der Waals surface area (Å²) >= 11 is 0. The molecule has 7 nitrogen and oxygen atoms in total. The first kappa shape index (κ1) is 23.5. The van der Waals surface area contributed by atoms with Crippen molar-refractivity contribution in [3.05, 3.63) is 0 Å². The minimum Gasteiger partial charge on any atom is -0.444 e. The fourth-order valence-electron chi connectivity index (χ4n) is 3.06. The standard InChI is InChI=1S/C20H40N4O3/c1-7-13-24(19(25)27-20(4,5)6)16-12-22-18(21-8-2)23-14-10-17(11-15-23)26-9-3/h17H,7-16H2,1-6H3,(H,21,22). The molecule has 0 bridgehead atoms. The minimum atomic E-state index is -0.480. The monoisotopic (exact) mass is 384 g/mol. The van der Waals surface area contributed by atoms with E-state index in [9.17, 15) is 4.79 Å². The Morgan fingerprint density at radius 3 is 2.37 bits per heavy atom. The Labute approximate surface area is 165 Å². The van der Waals surface area contributed by atoms with Crippen molar-refractivity contribution in [2.45, 2.75) is 72.5 Å². The maximum absolute atomic E-state index is 12.4. The average Bonchev–Trinajstić information content (AvgIpc) is 2.59. The second-order valence-corrected chi connectivity index (χ2v) is 7.84. The molecule has 1 aliphatic rings. The third-order valence-electron chi connectivity index (χ3n) is 4.26. The second-order valence-electron chi connectivity index (χ2n) is 7.84. The van der Waals surface area contributed by atoms with E-state index < -0.39 is 5.60 Å². The number of piperidine rings is 1. The molecule has 0 radical (unpaired) electrons. The molecular weight excluding hydrogens is 344 g/mol. The number of guanidine groups is 1. The normalized spacial score (nSPS) is 16.4. The highest BCUT2D eigenvalue weighted by Crippen LogP contribution is 2.14. The van der Waals surface area contributed by atoms with Crippen LogP contribution < -0.4 is 5.32 Å². The van der Waals surface area contributed by atoms with E-state index in [1.807, 2.05) is 27.7 Å². The van der Waals surface area contributed by atoms with E-state index in [1.54, 1.807) is 4.90 Å². The predicted octanol–water partition coefficient (Wildman–Crippen LogP) is 3.10. The number of nitrogens with zero attached hydrogens (tertiary/aromatic N) is 3. The molecule has 1 fully saturated rings. The number of hydrogen-bond acceptors (Lipinski definition) is 4. The Hall–Kier alpha value is -1.50. The summed E-state index contributed by atoms with van der Waals surface area (Å²) in [5.74, 6) is 0.924. The van der Waals surface area contributed by atoms with Crippen LogP contribution in [-0.2, 0) is 9.47 Å². The van der Waals surface area contributed by atoms with Crippen LogP contribution in [0.25, 0.3) is 0 Å². The molecular formula is C20H40N4O3. The molecule has 0 saturated carbocycles. The molecule has 27 heavy (non-hydrogen) atoms. The Morgan fingerprint density at radius 1 is 1.19 bits per heavy atom. The van der Waals surface area contributed by atoms with E-state index in [2.05, 4.69) is 24.1 Å². The second kappa shape index (κ2) is 12.1. The number of hydrogen-bond donors (Lipinski definition) is 1. The smallest absolute Gasteiger partial charge is 0.410 e. The van der Waals surface area contributed by atoms with Crippen LogP contribution in [0.5, 0.6) is 0 Å². The van der Waals surface area contributed by atoms with E-state index in [1.165, 1.54) is 0 Å². The fourth-order valence-corrected chi connectivity index (χ4v) is 3.06. The molecule has 0 atom stereocenters. The number of likely N-dealkylation sites (tertiary alicyclic amines) is 1. The number of carbonyl (C=O) groups is 1. The Bertz CT molecular complexity index is 455. The summed E-state index contributed by atoms with van der Waals surface area (Å²) in [5, 5.41) is 3.37. The molecule has 158 valence electrons. The first-order chi connectivity index (χ1) is 12.8. The Balaban J connectivity index is 2.61. The summed E-state index contributed by atoms with van der Waals surface area (Å²) in [6, 6.07) is 0. The Kier molecular flexibility index (Phi) is 10.5. The van der Waals surface area contributed by atoms with Gasteiger partial charge in [0.25, 0.3) is 0 Å². The van der Waals surface area contributed by atoms with Crippen LogP contribution in [0, 0.1) is 0 Å². The molecule has 0 unspecified atom stereocenters. The highest BCUT2D eigenvalue weighted by molar-refractivity contribution is 5.80. The molecule has 0 aromatic heterocycles. The van der Waals surface area contributed by atoms with E-state index in [0.717, 1.165) is 51.5 Å². The Morgan fingerprint density at radius 2 is 1.85 bits per heavy atom. The lowest BCUT2D eigenvalue weighted by molar-refractivity contribution is 0.0247. The van der Waals surface area contributed by atoms with Gasteiger partial charge in [-0.2, -0.15) is 0 Å². The molecule has 0 aliphatic carbocycles. The zero-order chi connectivity index (χ0) is 20.3. The summed E-state index contributed by atoms with van der Waals surface area (Å²) in [4.78, 5) is 21.2. The summed E-state index contributed by atoms with van der Waals surface area (Å²) in [6.45, 7) is 17.2. The van der Waals surface area contributed by atoms with E-state index in [4.69, 9.17) is 14.5 Å². The van der Waals surface area contributed by atoms with Crippen molar-refractivity contribution in [1.82, 2.24) is 15.1 Å². The number of amides is 1. The molecule has 1 amide bonds. The lowest BCUT2D eigenvalue weighted by atomic mass is 10.1. The maximum atomic E-state index is 12.4. The average molecular weight is 385 g/mol. The third-order valence-corrected chi connectivity index (χ3v) is 4.26. The number of aliphatic imine (C=N–C) groups is 1. The van der Waals surface area contributed by atoms with Crippen LogP contribution in [-0.4, -0.2) is 79.4 Å². The lowest BCUT2D eigenvalue weighted by Crippen LogP contribution is -2.47. The van der Waals surface area contributed by atoms with Gasteiger partial charge in [-0.1, -0.05) is 6.92 Å². The molecule has 1 saturated heterocycles. The molecule has 0 spiro atoms. The van der Waals surface area contributed by atoms with Crippen molar-refractivity contribution >= 4 is 12.1 Å². The van der Waals surface area contributed by atoms with Gasteiger partial charge in [-0.3, -0.25) is 4.99 Å². The first-order valence-electron chi connectivity index (χ1n) is 10.4. The van der Waals surface area contributed by atoms with Gasteiger partial charge in [-0.05, 0) is 53.9 Å². The van der Waals surface area contributed by atoms with Gasteiger partial charge in [0.1, 0.15) is 5.60 Å². The van der Waals surface area contributed by atoms with Crippen molar-refractivity contribution in [3.8, 4) is 0 Å². The van der Waals surface area contributed by atoms with Gasteiger partial charge < -0.3 is 24.6 Å². The van der Waals surface area contributed by atoms with Crippen molar-refractivity contribution in [2.75, 3.05) is 45.9 Å². The molecule has 7 heteroatoms. The molecule has 1 rings (SSSR count). The molecule has 1 N–H and O–H groups in total. The van der Waals surface area contributed by atoms with E-state index in [0.29, 0.717) is 25.7 Å². The quantitative estimate of drug-likeness (QED) is 0.514. The number of ether oxygens (including phenoxy) is 2. The summed E-state index contributed by atoms with van der Waals surface area (Å²) < 4.78 is 11.2. The van der Waals surface area contributed by atoms with Crippen molar-refractivity contribution in [3.63, 3.8) is 0 Å². The summed E-state index contributed by atoms with van der Waals surface area (Å²) in [5.41, 5.74) is -0.480. The molecule has 1 aliphatic heterocycles. The van der Waals surface area contributed by atoms with Gasteiger partial charge in [-0.25, -0.2) is 4.79 Å². The third kappa shape index (κ3) is 9.31. The molecule has 0 aromatic carbocycles. The van der Waals surface area contributed by atoms with Crippen LogP contribution >= 0.6 is 0 Å². The molecule has 0 aromatic rings. The van der Waals surface area contributed by atoms with Gasteiger partial charge in [0.05, 0.1) is 12.6 Å². The number of nitrogens with one attached hydrogen (secondary N) is 1. The number of rotatable bonds is 8. The predicted molar refractivity (Wildman–Crippen MR) is 110 cm³/mol. The van der Waals surface area contributed by atoms with Crippen LogP contribution in [0.15, 0.2) is 4.99 Å². The topological polar surface area (TPSA) is 66.4 Å². The van der Waals surface area contributed by atoms with E-state index >= 15 is 0 Å². The fraction of sp³-hybridized carbons (Fsp3) is 0.900. The lowest BCUT2D eigenvalue weighted by Gasteiger charge is -2.34. The van der Waals surface area contributed by atoms with Crippen LogP contribution in [0.4, 0.5) is 4.79 Å². The van der Waals surface area contributed by atoms with Gasteiger partial charge in [0.15, 0.2) is 5.96 Å². The van der Waals surface area contributed by atoms with Crippen LogP contribution in [0.3, 0.4) is 0 Å². The highest BCUT2D eigenvalue weighted by Gasteiger charge is 2.23. The minimum absolute atomic E-state index is 0.262. The molecule has 1 heterocycles. The van der Waals surface area contributed by atoms with E-state index in [-0.39, 0.29) is 6.09 Å². The first-order valence-corrected chi connectivity index (χ1v) is 10.4. The number of carbonyl (C=O) groups excluding carboxylic acids is 1. The van der Waals surface area contributed by atoms with Crippen LogP contribution in [0.2, 0.25) is 0 Å². The summed E-state index contributed by atoms with van der Waals surface area (Å²) in [6.07, 6.45) is 3.05. The van der Waals surface area contributed by atoms with Gasteiger partial charge >= 0.3 is 6.09 Å². The zero-order valence-electron chi connectivity index (χ0n) is 18.2. The maximum Gasteiger partial charge on any atom is 0.410 e. The highest BCUT2D eigenvalue weighted by atomic mass is 16.6. The van der Waals surface area contributed by atoms with Gasteiger partial charge in [0, 0.05) is 39.3 Å².